The number of carbonyl (C=O) groups is 1. The van der Waals surface area contributed by atoms with E-state index in [2.05, 4.69) is 17.0 Å². The van der Waals surface area contributed by atoms with Gasteiger partial charge in [-0.2, -0.15) is 0 Å². The van der Waals surface area contributed by atoms with Crippen molar-refractivity contribution in [2.75, 3.05) is 6.54 Å². The van der Waals surface area contributed by atoms with E-state index in [0.717, 1.165) is 37.4 Å². The van der Waals surface area contributed by atoms with E-state index in [1.165, 1.54) is 24.8 Å². The van der Waals surface area contributed by atoms with Crippen LogP contribution in [-0.2, 0) is 11.3 Å². The quantitative estimate of drug-likeness (QED) is 0.837. The Hall–Kier alpha value is -0.860. The lowest BCUT2D eigenvalue weighted by molar-refractivity contribution is -0.123. The number of nitrogens with zero attached hydrogens (tertiary/aromatic N) is 1. The van der Waals surface area contributed by atoms with Crippen LogP contribution in [0, 0.1) is 5.92 Å². The number of ketones is 1. The molecule has 1 aromatic carbocycles. The number of hydrogen-bond acceptors (Lipinski definition) is 2. The lowest BCUT2D eigenvalue weighted by Gasteiger charge is -2.38. The molecule has 1 saturated heterocycles. The maximum Gasteiger partial charge on any atom is 0.137 e. The van der Waals surface area contributed by atoms with Crippen LogP contribution in [-0.4, -0.2) is 23.3 Å². The van der Waals surface area contributed by atoms with Crippen molar-refractivity contribution in [3.8, 4) is 0 Å². The highest BCUT2D eigenvalue weighted by molar-refractivity contribution is 6.30. The second-order valence-corrected chi connectivity index (χ2v) is 6.56. The van der Waals surface area contributed by atoms with Crippen molar-refractivity contribution in [3.05, 3.63) is 34.9 Å². The third-order valence-electron chi connectivity index (χ3n) is 4.78. The highest BCUT2D eigenvalue weighted by Crippen LogP contribution is 2.33. The van der Waals surface area contributed by atoms with Gasteiger partial charge in [0.2, 0.25) is 0 Å². The molecule has 108 valence electrons. The molecule has 2 nitrogen and oxygen atoms in total. The van der Waals surface area contributed by atoms with E-state index in [9.17, 15) is 4.79 Å². The minimum atomic E-state index is 0.294. The second kappa shape index (κ2) is 6.28. The number of rotatable bonds is 3. The number of carbonyl (C=O) groups excluding carboxylic acids is 1. The Morgan fingerprint density at radius 1 is 1.10 bits per heavy atom. The molecular formula is C17H22ClNO. The average molecular weight is 292 g/mol. The Balaban J connectivity index is 1.71. The molecule has 1 heterocycles. The summed E-state index contributed by atoms with van der Waals surface area (Å²) in [7, 11) is 0. The molecule has 0 bridgehead atoms. The SMILES string of the molecule is O=C1CCCC1C1CCCCN1Cc1ccc(Cl)cc1. The average Bonchev–Trinajstić information content (AvgIpc) is 2.88. The van der Waals surface area contributed by atoms with Crippen LogP contribution in [0.5, 0.6) is 0 Å². The van der Waals surface area contributed by atoms with Gasteiger partial charge in [-0.1, -0.05) is 30.2 Å². The van der Waals surface area contributed by atoms with E-state index in [1.54, 1.807) is 0 Å². The van der Waals surface area contributed by atoms with Crippen molar-refractivity contribution < 1.29 is 4.79 Å². The van der Waals surface area contributed by atoms with Crippen LogP contribution in [0.3, 0.4) is 0 Å². The van der Waals surface area contributed by atoms with Gasteiger partial charge in [-0.15, -0.1) is 0 Å². The Kier molecular flexibility index (Phi) is 4.42. The molecule has 0 N–H and O–H groups in total. The van der Waals surface area contributed by atoms with E-state index in [-0.39, 0.29) is 0 Å². The molecule has 1 saturated carbocycles. The Morgan fingerprint density at radius 3 is 2.60 bits per heavy atom. The summed E-state index contributed by atoms with van der Waals surface area (Å²) in [5.74, 6) is 0.792. The van der Waals surface area contributed by atoms with Crippen LogP contribution in [0.2, 0.25) is 5.02 Å². The lowest BCUT2D eigenvalue weighted by Crippen LogP contribution is -2.44. The van der Waals surface area contributed by atoms with E-state index in [0.29, 0.717) is 17.7 Å². The fourth-order valence-electron chi connectivity index (χ4n) is 3.74. The number of Topliss-reactive ketones (excluding diaryl/α,β-unsaturated/α-hetero) is 1. The number of likely N-dealkylation sites (tertiary alicyclic amines) is 1. The summed E-state index contributed by atoms with van der Waals surface area (Å²) >= 11 is 5.95. The first kappa shape index (κ1) is 14.1. The topological polar surface area (TPSA) is 20.3 Å². The lowest BCUT2D eigenvalue weighted by atomic mass is 9.88. The maximum atomic E-state index is 12.1. The molecule has 1 aliphatic carbocycles. The van der Waals surface area contributed by atoms with Gasteiger partial charge in [0.05, 0.1) is 0 Å². The molecule has 3 rings (SSSR count). The van der Waals surface area contributed by atoms with Crippen molar-refractivity contribution in [2.45, 2.75) is 51.1 Å². The number of halogens is 1. The molecule has 2 aliphatic rings. The normalized spacial score (nSPS) is 27.9. The van der Waals surface area contributed by atoms with E-state index >= 15 is 0 Å². The van der Waals surface area contributed by atoms with Gasteiger partial charge in [-0.25, -0.2) is 0 Å². The van der Waals surface area contributed by atoms with Crippen molar-refractivity contribution in [3.63, 3.8) is 0 Å². The van der Waals surface area contributed by atoms with Crippen LogP contribution in [0.1, 0.15) is 44.1 Å². The highest BCUT2D eigenvalue weighted by Gasteiger charge is 2.36. The summed E-state index contributed by atoms with van der Waals surface area (Å²) in [6.45, 7) is 2.07. The predicted molar refractivity (Wildman–Crippen MR) is 81.8 cm³/mol. The Bertz CT molecular complexity index is 470. The van der Waals surface area contributed by atoms with Gasteiger partial charge in [0, 0.05) is 29.9 Å². The molecule has 2 atom stereocenters. The molecule has 1 aliphatic heterocycles. The minimum Gasteiger partial charge on any atom is -0.299 e. The predicted octanol–water partition coefficient (Wildman–Crippen LogP) is 4.06. The van der Waals surface area contributed by atoms with E-state index in [1.807, 2.05) is 12.1 Å². The van der Waals surface area contributed by atoms with Crippen LogP contribution >= 0.6 is 11.6 Å². The van der Waals surface area contributed by atoms with Gasteiger partial charge in [-0.05, 0) is 49.9 Å². The van der Waals surface area contributed by atoms with Crippen molar-refractivity contribution in [2.24, 2.45) is 5.92 Å². The number of piperidine rings is 1. The standard InChI is InChI=1S/C17H22ClNO/c18-14-9-7-13(8-10-14)12-19-11-2-1-5-16(19)15-4-3-6-17(15)20/h7-10,15-16H,1-6,11-12H2. The zero-order valence-electron chi connectivity index (χ0n) is 11.9. The highest BCUT2D eigenvalue weighted by atomic mass is 35.5. The van der Waals surface area contributed by atoms with Gasteiger partial charge in [-0.3, -0.25) is 9.69 Å². The van der Waals surface area contributed by atoms with Crippen LogP contribution in [0.25, 0.3) is 0 Å². The fraction of sp³-hybridized carbons (Fsp3) is 0.588. The van der Waals surface area contributed by atoms with Gasteiger partial charge in [0.15, 0.2) is 0 Å². The Labute approximate surface area is 126 Å². The monoisotopic (exact) mass is 291 g/mol. The zero-order chi connectivity index (χ0) is 13.9. The number of hydrogen-bond donors (Lipinski definition) is 0. The first-order valence-electron chi connectivity index (χ1n) is 7.75. The third kappa shape index (κ3) is 3.07. The molecule has 3 heteroatoms. The summed E-state index contributed by atoms with van der Waals surface area (Å²) in [5.41, 5.74) is 1.30. The molecule has 20 heavy (non-hydrogen) atoms. The third-order valence-corrected chi connectivity index (χ3v) is 5.03. The van der Waals surface area contributed by atoms with Gasteiger partial charge >= 0.3 is 0 Å². The largest absolute Gasteiger partial charge is 0.299 e. The number of benzene rings is 1. The van der Waals surface area contributed by atoms with Crippen molar-refractivity contribution in [1.29, 1.82) is 0 Å². The summed E-state index contributed by atoms with van der Waals surface area (Å²) in [6, 6.07) is 8.58. The summed E-state index contributed by atoms with van der Waals surface area (Å²) < 4.78 is 0. The van der Waals surface area contributed by atoms with Crippen LogP contribution in [0.15, 0.2) is 24.3 Å². The van der Waals surface area contributed by atoms with E-state index < -0.39 is 0 Å². The van der Waals surface area contributed by atoms with Gasteiger partial charge in [0.25, 0.3) is 0 Å². The smallest absolute Gasteiger partial charge is 0.137 e. The van der Waals surface area contributed by atoms with Crippen LogP contribution in [0.4, 0.5) is 0 Å². The maximum absolute atomic E-state index is 12.1. The minimum absolute atomic E-state index is 0.294. The summed E-state index contributed by atoms with van der Waals surface area (Å²) in [5, 5.41) is 0.787. The van der Waals surface area contributed by atoms with Gasteiger partial charge < -0.3 is 0 Å². The van der Waals surface area contributed by atoms with Crippen molar-refractivity contribution in [1.82, 2.24) is 4.90 Å². The summed E-state index contributed by atoms with van der Waals surface area (Å²) in [4.78, 5) is 14.6. The van der Waals surface area contributed by atoms with Gasteiger partial charge in [0.1, 0.15) is 5.78 Å². The molecule has 0 spiro atoms. The molecule has 2 fully saturated rings. The van der Waals surface area contributed by atoms with Crippen LogP contribution < -0.4 is 0 Å². The molecule has 0 amide bonds. The summed E-state index contributed by atoms with van der Waals surface area (Å²) in [6.07, 6.45) is 6.70. The Morgan fingerprint density at radius 2 is 1.90 bits per heavy atom. The molecule has 1 aromatic rings. The first-order chi connectivity index (χ1) is 9.74. The molecular weight excluding hydrogens is 270 g/mol. The van der Waals surface area contributed by atoms with E-state index in [4.69, 9.17) is 11.6 Å². The van der Waals surface area contributed by atoms with Crippen molar-refractivity contribution >= 4 is 17.4 Å². The molecule has 2 unspecified atom stereocenters. The molecule has 0 aromatic heterocycles. The first-order valence-corrected chi connectivity index (χ1v) is 8.13. The fourth-order valence-corrected chi connectivity index (χ4v) is 3.87. The molecule has 0 radical (unpaired) electrons. The second-order valence-electron chi connectivity index (χ2n) is 6.13. The zero-order valence-corrected chi connectivity index (χ0v) is 12.6.